The number of nitrogens with two attached hydrogens (primary N) is 1. The van der Waals surface area contributed by atoms with Crippen molar-refractivity contribution in [3.05, 3.63) is 24.0 Å². The number of esters is 1. The molecule has 2 saturated heterocycles. The van der Waals surface area contributed by atoms with Crippen LogP contribution in [0.1, 0.15) is 17.4 Å². The van der Waals surface area contributed by atoms with Gasteiger partial charge in [-0.15, -0.1) is 0 Å². The predicted octanol–water partition coefficient (Wildman–Crippen LogP) is -2.39. The Bertz CT molecular complexity index is 737. The summed E-state index contributed by atoms with van der Waals surface area (Å²) in [7, 11) is 0. The molecule has 142 valence electrons. The fourth-order valence-corrected chi connectivity index (χ4v) is 4.36. The lowest BCUT2D eigenvalue weighted by Crippen LogP contribution is -2.78. The molecule has 4 rings (SSSR count). The number of carbonyl (C=O) groups is 1. The number of ether oxygens (including phenoxy) is 1. The van der Waals surface area contributed by atoms with Crippen molar-refractivity contribution in [2.45, 2.75) is 36.4 Å². The SMILES string of the molecule is CC1(O)C(OC(=O)c2ccc[nH]2)CN2CNC(CO)C3N=C(N)N(O)C321. The number of hydrogen-bond donors (Lipinski definition) is 6. The number of nitrogens with zero attached hydrogens (tertiary/aromatic N) is 3. The number of H-pyrrole nitrogens is 1. The summed E-state index contributed by atoms with van der Waals surface area (Å²) >= 11 is 0. The van der Waals surface area contributed by atoms with Crippen LogP contribution < -0.4 is 11.1 Å². The fraction of sp³-hybridized carbons (Fsp3) is 0.600. The smallest absolute Gasteiger partial charge is 0.355 e. The molecule has 4 heterocycles. The van der Waals surface area contributed by atoms with Gasteiger partial charge >= 0.3 is 5.97 Å². The van der Waals surface area contributed by atoms with Crippen LogP contribution in [0, 0.1) is 0 Å². The second-order valence-electron chi connectivity index (χ2n) is 6.97. The number of hydrogen-bond acceptors (Lipinski definition) is 10. The van der Waals surface area contributed by atoms with E-state index in [0.29, 0.717) is 0 Å². The second kappa shape index (κ2) is 5.66. The summed E-state index contributed by atoms with van der Waals surface area (Å²) in [4.78, 5) is 21.1. The van der Waals surface area contributed by atoms with Crippen LogP contribution >= 0.6 is 0 Å². The number of guanidine groups is 1. The van der Waals surface area contributed by atoms with E-state index in [2.05, 4.69) is 15.3 Å². The van der Waals surface area contributed by atoms with E-state index in [1.54, 1.807) is 23.2 Å². The van der Waals surface area contributed by atoms with Crippen LogP contribution in [0.15, 0.2) is 23.3 Å². The first-order valence-corrected chi connectivity index (χ1v) is 8.32. The average molecular weight is 366 g/mol. The number of hydroxylamine groups is 2. The number of nitrogens with one attached hydrogen (secondary N) is 2. The maximum atomic E-state index is 12.3. The van der Waals surface area contributed by atoms with E-state index >= 15 is 0 Å². The van der Waals surface area contributed by atoms with E-state index in [1.807, 2.05) is 0 Å². The van der Waals surface area contributed by atoms with E-state index in [1.165, 1.54) is 6.92 Å². The minimum Gasteiger partial charge on any atom is -0.453 e. The van der Waals surface area contributed by atoms with Crippen molar-refractivity contribution in [1.82, 2.24) is 20.3 Å². The summed E-state index contributed by atoms with van der Waals surface area (Å²) in [6.07, 6.45) is 0.647. The highest BCUT2D eigenvalue weighted by molar-refractivity contribution is 5.87. The zero-order valence-electron chi connectivity index (χ0n) is 14.2. The molecule has 5 atom stereocenters. The van der Waals surface area contributed by atoms with Crippen molar-refractivity contribution in [1.29, 1.82) is 0 Å². The second-order valence-corrected chi connectivity index (χ2v) is 6.97. The molecule has 2 fully saturated rings. The third-order valence-corrected chi connectivity index (χ3v) is 5.65. The molecule has 3 aliphatic heterocycles. The number of aromatic amines is 1. The molecule has 11 heteroatoms. The highest BCUT2D eigenvalue weighted by atomic mass is 16.6. The van der Waals surface area contributed by atoms with Crippen LogP contribution in [0.5, 0.6) is 0 Å². The van der Waals surface area contributed by atoms with Crippen molar-refractivity contribution in [3.8, 4) is 0 Å². The van der Waals surface area contributed by atoms with E-state index in [4.69, 9.17) is 10.5 Å². The fourth-order valence-electron chi connectivity index (χ4n) is 4.36. The molecular weight excluding hydrogens is 344 g/mol. The number of aliphatic imine (C=N–C) groups is 1. The van der Waals surface area contributed by atoms with Crippen LogP contribution in [0.25, 0.3) is 0 Å². The van der Waals surface area contributed by atoms with Crippen molar-refractivity contribution in [3.63, 3.8) is 0 Å². The van der Waals surface area contributed by atoms with Gasteiger partial charge in [0.2, 0.25) is 5.96 Å². The molecule has 0 aromatic carbocycles. The Morgan fingerprint density at radius 1 is 1.58 bits per heavy atom. The lowest BCUT2D eigenvalue weighted by atomic mass is 9.79. The summed E-state index contributed by atoms with van der Waals surface area (Å²) in [5, 5.41) is 35.5. The van der Waals surface area contributed by atoms with Crippen LogP contribution in [0.3, 0.4) is 0 Å². The first-order valence-electron chi connectivity index (χ1n) is 8.32. The highest BCUT2D eigenvalue weighted by Crippen LogP contribution is 2.49. The van der Waals surface area contributed by atoms with Gasteiger partial charge in [-0.2, -0.15) is 5.06 Å². The molecule has 1 aromatic rings. The number of aliphatic hydroxyl groups is 2. The van der Waals surface area contributed by atoms with Crippen LogP contribution in [-0.4, -0.2) is 91.6 Å². The van der Waals surface area contributed by atoms with Gasteiger partial charge in [-0.05, 0) is 19.1 Å². The summed E-state index contributed by atoms with van der Waals surface area (Å²) in [6, 6.07) is 1.96. The van der Waals surface area contributed by atoms with Gasteiger partial charge in [0, 0.05) is 12.7 Å². The third kappa shape index (κ3) is 2.00. The monoisotopic (exact) mass is 366 g/mol. The number of rotatable bonds is 3. The largest absolute Gasteiger partial charge is 0.453 e. The number of aliphatic hydroxyl groups excluding tert-OH is 1. The molecule has 3 aliphatic rings. The Labute approximate surface area is 149 Å². The van der Waals surface area contributed by atoms with Crippen molar-refractivity contribution < 1.29 is 25.0 Å². The number of aromatic nitrogens is 1. The van der Waals surface area contributed by atoms with Crippen molar-refractivity contribution in [2.75, 3.05) is 19.8 Å². The van der Waals surface area contributed by atoms with E-state index in [-0.39, 0.29) is 31.5 Å². The van der Waals surface area contributed by atoms with Crippen LogP contribution in [-0.2, 0) is 4.74 Å². The lowest BCUT2D eigenvalue weighted by Gasteiger charge is -2.53. The maximum Gasteiger partial charge on any atom is 0.355 e. The van der Waals surface area contributed by atoms with E-state index in [0.717, 1.165) is 5.06 Å². The minimum absolute atomic E-state index is 0.154. The van der Waals surface area contributed by atoms with Gasteiger partial charge in [0.05, 0.1) is 19.3 Å². The first-order chi connectivity index (χ1) is 12.3. The summed E-state index contributed by atoms with van der Waals surface area (Å²) in [5.41, 5.74) is 2.91. The maximum absolute atomic E-state index is 12.3. The average Bonchev–Trinajstić information content (AvgIpc) is 3.27. The van der Waals surface area contributed by atoms with Crippen molar-refractivity contribution >= 4 is 11.9 Å². The zero-order chi connectivity index (χ0) is 18.7. The lowest BCUT2D eigenvalue weighted by molar-refractivity contribution is -0.248. The van der Waals surface area contributed by atoms with Gasteiger partial charge in [-0.1, -0.05) is 0 Å². The van der Waals surface area contributed by atoms with E-state index in [9.17, 15) is 20.2 Å². The van der Waals surface area contributed by atoms with Gasteiger partial charge in [-0.3, -0.25) is 15.4 Å². The minimum atomic E-state index is -1.71. The quantitative estimate of drug-likeness (QED) is 0.321. The molecular formula is C15H22N6O5. The molecule has 0 bridgehead atoms. The normalized spacial score (nSPS) is 39.5. The number of carbonyl (C=O) groups excluding carboxylic acids is 1. The first kappa shape index (κ1) is 17.2. The Morgan fingerprint density at radius 3 is 3.00 bits per heavy atom. The van der Waals surface area contributed by atoms with Gasteiger partial charge in [-0.25, -0.2) is 9.79 Å². The molecule has 0 aliphatic carbocycles. The van der Waals surface area contributed by atoms with Gasteiger partial charge in [0.25, 0.3) is 0 Å². The summed E-state index contributed by atoms with van der Waals surface area (Å²) in [6.45, 7) is 1.62. The molecule has 5 unspecified atom stereocenters. The van der Waals surface area contributed by atoms with Gasteiger partial charge in [0.15, 0.2) is 5.66 Å². The molecule has 11 nitrogen and oxygen atoms in total. The predicted molar refractivity (Wildman–Crippen MR) is 88.0 cm³/mol. The topological polar surface area (TPSA) is 160 Å². The van der Waals surface area contributed by atoms with Crippen molar-refractivity contribution in [2.24, 2.45) is 10.7 Å². The third-order valence-electron chi connectivity index (χ3n) is 5.65. The molecule has 0 radical (unpaired) electrons. The standard InChI is InChI=1S/C15H22N6O5/c1-14(24)10(26-12(23)8-3-2-4-17-8)5-20-7-18-9(6-22)11-15(14,20)21(25)13(16)19-11/h2-4,9-11,17-18,22,24-25H,5-7H2,1H3,(H2,16,19). The van der Waals surface area contributed by atoms with Crippen LogP contribution in [0.4, 0.5) is 0 Å². The molecule has 0 amide bonds. The molecule has 0 saturated carbocycles. The van der Waals surface area contributed by atoms with Gasteiger partial charge in [0.1, 0.15) is 23.4 Å². The molecule has 26 heavy (non-hydrogen) atoms. The van der Waals surface area contributed by atoms with Gasteiger partial charge < -0.3 is 25.7 Å². The Balaban J connectivity index is 1.70. The molecule has 1 aromatic heterocycles. The molecule has 7 N–H and O–H groups in total. The molecule has 1 spiro atoms. The summed E-state index contributed by atoms with van der Waals surface area (Å²) < 4.78 is 5.54. The summed E-state index contributed by atoms with van der Waals surface area (Å²) in [5.74, 6) is -0.783. The Hall–Kier alpha value is -2.18. The Kier molecular flexibility index (Phi) is 3.75. The van der Waals surface area contributed by atoms with E-state index < -0.39 is 35.4 Å². The highest BCUT2D eigenvalue weighted by Gasteiger charge is 2.74. The Morgan fingerprint density at radius 2 is 2.35 bits per heavy atom. The zero-order valence-corrected chi connectivity index (χ0v) is 14.2. The van der Waals surface area contributed by atoms with Crippen LogP contribution in [0.2, 0.25) is 0 Å².